The van der Waals surface area contributed by atoms with Gasteiger partial charge in [-0.3, -0.25) is 4.79 Å². The minimum atomic E-state index is -0.725. The molecule has 0 bridgehead atoms. The quantitative estimate of drug-likeness (QED) is 0.861. The van der Waals surface area contributed by atoms with E-state index in [2.05, 4.69) is 10.1 Å². The minimum Gasteiger partial charge on any atom is -0.481 e. The van der Waals surface area contributed by atoms with Gasteiger partial charge in [0, 0.05) is 12.5 Å². The predicted octanol–water partition coefficient (Wildman–Crippen LogP) is 2.53. The number of aliphatic carboxylic acids is 1. The SMILES string of the molecule is CCOC(c1noc(C2CCC(C(=O)O)C2)n1)C1CC1. The summed E-state index contributed by atoms with van der Waals surface area (Å²) in [5.41, 5.74) is 0. The Kier molecular flexibility index (Phi) is 3.74. The second-order valence-corrected chi connectivity index (χ2v) is 5.75. The fourth-order valence-corrected chi connectivity index (χ4v) is 2.96. The number of aromatic nitrogens is 2. The van der Waals surface area contributed by atoms with Crippen LogP contribution in [0.2, 0.25) is 0 Å². The lowest BCUT2D eigenvalue weighted by Gasteiger charge is -2.11. The number of ether oxygens (including phenoxy) is 1. The number of carbonyl (C=O) groups is 1. The van der Waals surface area contributed by atoms with Gasteiger partial charge in [0.05, 0.1) is 5.92 Å². The monoisotopic (exact) mass is 280 g/mol. The van der Waals surface area contributed by atoms with Gasteiger partial charge >= 0.3 is 5.97 Å². The Hall–Kier alpha value is -1.43. The average molecular weight is 280 g/mol. The van der Waals surface area contributed by atoms with Gasteiger partial charge in [-0.2, -0.15) is 4.98 Å². The Balaban J connectivity index is 1.68. The van der Waals surface area contributed by atoms with Crippen molar-refractivity contribution >= 4 is 5.97 Å². The maximum Gasteiger partial charge on any atom is 0.306 e. The summed E-state index contributed by atoms with van der Waals surface area (Å²) < 4.78 is 11.1. The summed E-state index contributed by atoms with van der Waals surface area (Å²) in [6, 6.07) is 0. The van der Waals surface area contributed by atoms with E-state index in [1.54, 1.807) is 0 Å². The Morgan fingerprint density at radius 1 is 1.45 bits per heavy atom. The smallest absolute Gasteiger partial charge is 0.306 e. The number of carboxylic acid groups (broad SMARTS) is 1. The van der Waals surface area contributed by atoms with Gasteiger partial charge in [-0.25, -0.2) is 0 Å². The molecule has 110 valence electrons. The summed E-state index contributed by atoms with van der Waals surface area (Å²) in [6.07, 6.45) is 4.34. The molecule has 1 N–H and O–H groups in total. The van der Waals surface area contributed by atoms with Crippen LogP contribution in [0.4, 0.5) is 0 Å². The molecule has 6 nitrogen and oxygen atoms in total. The molecule has 0 aromatic carbocycles. The molecule has 1 aromatic heterocycles. The highest BCUT2D eigenvalue weighted by atomic mass is 16.5. The van der Waals surface area contributed by atoms with E-state index in [1.165, 1.54) is 0 Å². The van der Waals surface area contributed by atoms with Crippen LogP contribution in [0, 0.1) is 11.8 Å². The largest absolute Gasteiger partial charge is 0.481 e. The molecule has 20 heavy (non-hydrogen) atoms. The molecule has 1 aromatic rings. The third-order valence-electron chi connectivity index (χ3n) is 4.24. The molecular weight excluding hydrogens is 260 g/mol. The van der Waals surface area contributed by atoms with E-state index < -0.39 is 5.97 Å². The van der Waals surface area contributed by atoms with E-state index in [9.17, 15) is 4.79 Å². The van der Waals surface area contributed by atoms with E-state index in [0.717, 1.165) is 19.3 Å². The van der Waals surface area contributed by atoms with Crippen molar-refractivity contribution < 1.29 is 19.2 Å². The zero-order valence-corrected chi connectivity index (χ0v) is 11.6. The highest BCUT2D eigenvalue weighted by Gasteiger charge is 2.38. The fourth-order valence-electron chi connectivity index (χ4n) is 2.96. The van der Waals surface area contributed by atoms with E-state index >= 15 is 0 Å². The van der Waals surface area contributed by atoms with Gasteiger partial charge in [0.1, 0.15) is 6.10 Å². The molecule has 2 aliphatic carbocycles. The maximum absolute atomic E-state index is 11.0. The molecule has 1 heterocycles. The summed E-state index contributed by atoms with van der Waals surface area (Å²) in [5.74, 6) is 0.797. The van der Waals surface area contributed by atoms with Crippen molar-refractivity contribution in [3.05, 3.63) is 11.7 Å². The average Bonchev–Trinajstić information content (AvgIpc) is 2.94. The van der Waals surface area contributed by atoms with Crippen molar-refractivity contribution in [1.82, 2.24) is 10.1 Å². The Labute approximate surface area is 117 Å². The van der Waals surface area contributed by atoms with Gasteiger partial charge in [0.25, 0.3) is 0 Å². The number of nitrogens with zero attached hydrogens (tertiary/aromatic N) is 2. The number of rotatable bonds is 6. The van der Waals surface area contributed by atoms with Gasteiger partial charge in [-0.1, -0.05) is 5.16 Å². The summed E-state index contributed by atoms with van der Waals surface area (Å²) >= 11 is 0. The zero-order chi connectivity index (χ0) is 14.1. The van der Waals surface area contributed by atoms with Crippen molar-refractivity contribution in [2.75, 3.05) is 6.61 Å². The topological polar surface area (TPSA) is 85.5 Å². The first-order valence-electron chi connectivity index (χ1n) is 7.37. The molecule has 2 fully saturated rings. The third kappa shape index (κ3) is 2.70. The molecule has 3 rings (SSSR count). The van der Waals surface area contributed by atoms with Gasteiger partial charge < -0.3 is 14.4 Å². The van der Waals surface area contributed by atoms with Crippen molar-refractivity contribution in [2.45, 2.75) is 51.0 Å². The second kappa shape index (κ2) is 5.52. The van der Waals surface area contributed by atoms with Gasteiger partial charge in [0.2, 0.25) is 11.7 Å². The lowest BCUT2D eigenvalue weighted by atomic mass is 10.1. The number of hydrogen-bond acceptors (Lipinski definition) is 5. The van der Waals surface area contributed by atoms with E-state index in [1.807, 2.05) is 6.92 Å². The Morgan fingerprint density at radius 3 is 2.85 bits per heavy atom. The Morgan fingerprint density at radius 2 is 2.25 bits per heavy atom. The van der Waals surface area contributed by atoms with E-state index in [4.69, 9.17) is 14.4 Å². The van der Waals surface area contributed by atoms with Crippen LogP contribution in [0.5, 0.6) is 0 Å². The number of hydrogen-bond donors (Lipinski definition) is 1. The van der Waals surface area contributed by atoms with Crippen LogP contribution in [0.1, 0.15) is 62.8 Å². The summed E-state index contributed by atoms with van der Waals surface area (Å²) in [6.45, 7) is 2.60. The van der Waals surface area contributed by atoms with E-state index in [0.29, 0.717) is 37.1 Å². The molecule has 0 spiro atoms. The first-order valence-corrected chi connectivity index (χ1v) is 7.37. The highest BCUT2D eigenvalue weighted by molar-refractivity contribution is 5.70. The maximum atomic E-state index is 11.0. The second-order valence-electron chi connectivity index (χ2n) is 5.75. The summed E-state index contributed by atoms with van der Waals surface area (Å²) in [4.78, 5) is 15.5. The Bertz CT molecular complexity index is 483. The zero-order valence-electron chi connectivity index (χ0n) is 11.6. The minimum absolute atomic E-state index is 0.0610. The van der Waals surface area contributed by atoms with Gasteiger partial charge in [-0.05, 0) is 44.9 Å². The third-order valence-corrected chi connectivity index (χ3v) is 4.24. The van der Waals surface area contributed by atoms with Crippen LogP contribution in [0.15, 0.2) is 4.52 Å². The standard InChI is InChI=1S/C14H20N2O4/c1-2-19-11(8-3-4-8)12-15-13(20-16-12)9-5-6-10(7-9)14(17)18/h8-11H,2-7H2,1H3,(H,17,18). The van der Waals surface area contributed by atoms with Crippen LogP contribution in [-0.2, 0) is 9.53 Å². The molecule has 0 amide bonds. The van der Waals surface area contributed by atoms with E-state index in [-0.39, 0.29) is 17.9 Å². The molecule has 3 unspecified atom stereocenters. The molecule has 0 saturated heterocycles. The fraction of sp³-hybridized carbons (Fsp3) is 0.786. The van der Waals surface area contributed by atoms with Crippen LogP contribution >= 0.6 is 0 Å². The van der Waals surface area contributed by atoms with Crippen molar-refractivity contribution in [3.63, 3.8) is 0 Å². The molecule has 3 atom stereocenters. The van der Waals surface area contributed by atoms with Gasteiger partial charge in [0.15, 0.2) is 0 Å². The lowest BCUT2D eigenvalue weighted by Crippen LogP contribution is -2.10. The molecular formula is C14H20N2O4. The molecule has 0 aliphatic heterocycles. The first-order chi connectivity index (χ1) is 9.69. The normalized spacial score (nSPS) is 27.6. The van der Waals surface area contributed by atoms with Crippen LogP contribution < -0.4 is 0 Å². The first kappa shape index (κ1) is 13.5. The van der Waals surface area contributed by atoms with Gasteiger partial charge in [-0.15, -0.1) is 0 Å². The summed E-state index contributed by atoms with van der Waals surface area (Å²) in [7, 11) is 0. The van der Waals surface area contributed by atoms with Crippen molar-refractivity contribution in [2.24, 2.45) is 11.8 Å². The molecule has 2 aliphatic rings. The summed E-state index contributed by atoms with van der Waals surface area (Å²) in [5, 5.41) is 13.1. The van der Waals surface area contributed by atoms with Crippen molar-refractivity contribution in [1.29, 1.82) is 0 Å². The lowest BCUT2D eigenvalue weighted by molar-refractivity contribution is -0.141. The molecule has 6 heteroatoms. The van der Waals surface area contributed by atoms with Crippen LogP contribution in [0.25, 0.3) is 0 Å². The molecule has 2 saturated carbocycles. The molecule has 0 radical (unpaired) electrons. The van der Waals surface area contributed by atoms with Crippen molar-refractivity contribution in [3.8, 4) is 0 Å². The van der Waals surface area contributed by atoms with Crippen LogP contribution in [0.3, 0.4) is 0 Å². The number of carboxylic acids is 1. The van der Waals surface area contributed by atoms with Crippen LogP contribution in [-0.4, -0.2) is 27.8 Å². The highest BCUT2D eigenvalue weighted by Crippen LogP contribution is 2.43. The predicted molar refractivity (Wildman–Crippen MR) is 69.1 cm³/mol.